The van der Waals surface area contributed by atoms with Gasteiger partial charge in [0.1, 0.15) is 0 Å². The molecule has 3 amide bonds. The molecule has 1 aromatic rings. The summed E-state index contributed by atoms with van der Waals surface area (Å²) < 4.78 is 17.0. The second-order valence-corrected chi connectivity index (χ2v) is 7.54. The fraction of sp³-hybridized carbons (Fsp3) is 0.600. The van der Waals surface area contributed by atoms with Crippen LogP contribution in [-0.2, 0) is 4.74 Å². The van der Waals surface area contributed by atoms with Gasteiger partial charge in [-0.25, -0.2) is 9.59 Å². The number of carbonyl (C=O) groups is 2. The number of amides is 3. The molecule has 1 saturated carbocycles. The fourth-order valence-corrected chi connectivity index (χ4v) is 4.06. The largest absolute Gasteiger partial charge is 0.450 e. The predicted molar refractivity (Wildman–Crippen MR) is 103 cm³/mol. The van der Waals surface area contributed by atoms with E-state index in [0.717, 1.165) is 31.4 Å². The SMILES string of the molecule is CCOC(=O)N1CCC(NC(=O)Nc2ccc3c(c2)OC2(CCCC2)O3)CC1. The number of piperidine rings is 1. The van der Waals surface area contributed by atoms with Crippen molar-refractivity contribution in [2.24, 2.45) is 0 Å². The molecule has 2 N–H and O–H groups in total. The van der Waals surface area contributed by atoms with Gasteiger partial charge in [0.25, 0.3) is 5.79 Å². The van der Waals surface area contributed by atoms with E-state index in [4.69, 9.17) is 14.2 Å². The number of nitrogens with one attached hydrogen (secondary N) is 2. The molecule has 3 aliphatic rings. The Morgan fingerprint density at radius 1 is 1.18 bits per heavy atom. The lowest BCUT2D eigenvalue weighted by Crippen LogP contribution is -2.47. The standard InChI is InChI=1S/C20H27N3O5/c1-2-26-19(25)23-11-7-14(8-12-23)21-18(24)22-15-5-6-16-17(13-15)28-20(27-16)9-3-4-10-20/h5-6,13-14H,2-4,7-12H2,1H3,(H2,21,22,24). The number of rotatable bonds is 3. The second kappa shape index (κ2) is 7.77. The van der Waals surface area contributed by atoms with Crippen molar-refractivity contribution in [1.29, 1.82) is 0 Å². The van der Waals surface area contributed by atoms with Crippen LogP contribution < -0.4 is 20.1 Å². The minimum absolute atomic E-state index is 0.0291. The fourth-order valence-electron chi connectivity index (χ4n) is 4.06. The highest BCUT2D eigenvalue weighted by molar-refractivity contribution is 5.90. The van der Waals surface area contributed by atoms with Gasteiger partial charge in [0.15, 0.2) is 11.5 Å². The molecule has 28 heavy (non-hydrogen) atoms. The van der Waals surface area contributed by atoms with Gasteiger partial charge in [0.2, 0.25) is 0 Å². The third-order valence-corrected chi connectivity index (χ3v) is 5.52. The van der Waals surface area contributed by atoms with E-state index in [2.05, 4.69) is 10.6 Å². The molecule has 8 nitrogen and oxygen atoms in total. The lowest BCUT2D eigenvalue weighted by atomic mass is 10.1. The van der Waals surface area contributed by atoms with Crippen LogP contribution in [0.5, 0.6) is 11.5 Å². The Morgan fingerprint density at radius 3 is 2.61 bits per heavy atom. The minimum Gasteiger partial charge on any atom is -0.450 e. The van der Waals surface area contributed by atoms with Crippen molar-refractivity contribution in [2.75, 3.05) is 25.0 Å². The zero-order valence-corrected chi connectivity index (χ0v) is 16.2. The monoisotopic (exact) mass is 389 g/mol. The molecule has 1 spiro atoms. The van der Waals surface area contributed by atoms with Gasteiger partial charge in [-0.3, -0.25) is 0 Å². The van der Waals surface area contributed by atoms with Gasteiger partial charge in [-0.2, -0.15) is 0 Å². The van der Waals surface area contributed by atoms with Crippen LogP contribution in [0.15, 0.2) is 18.2 Å². The number of benzene rings is 1. The van der Waals surface area contributed by atoms with E-state index in [1.807, 2.05) is 18.2 Å². The van der Waals surface area contributed by atoms with Gasteiger partial charge in [-0.15, -0.1) is 0 Å². The zero-order chi connectivity index (χ0) is 19.6. The van der Waals surface area contributed by atoms with Gasteiger partial charge in [-0.1, -0.05) is 0 Å². The molecule has 0 radical (unpaired) electrons. The van der Waals surface area contributed by atoms with Crippen LogP contribution in [-0.4, -0.2) is 48.5 Å². The number of nitrogens with zero attached hydrogens (tertiary/aromatic N) is 1. The summed E-state index contributed by atoms with van der Waals surface area (Å²) in [6.07, 6.45) is 5.13. The van der Waals surface area contributed by atoms with E-state index in [0.29, 0.717) is 44.0 Å². The van der Waals surface area contributed by atoms with Crippen LogP contribution in [0.1, 0.15) is 45.4 Å². The third kappa shape index (κ3) is 3.95. The van der Waals surface area contributed by atoms with E-state index in [-0.39, 0.29) is 18.2 Å². The molecule has 4 rings (SSSR count). The summed E-state index contributed by atoms with van der Waals surface area (Å²) in [7, 11) is 0. The van der Waals surface area contributed by atoms with E-state index in [1.54, 1.807) is 11.8 Å². The van der Waals surface area contributed by atoms with Crippen molar-refractivity contribution >= 4 is 17.8 Å². The van der Waals surface area contributed by atoms with Crippen LogP contribution in [0.2, 0.25) is 0 Å². The number of hydrogen-bond donors (Lipinski definition) is 2. The molecule has 8 heteroatoms. The lowest BCUT2D eigenvalue weighted by Gasteiger charge is -2.31. The van der Waals surface area contributed by atoms with Crippen LogP contribution >= 0.6 is 0 Å². The number of ether oxygens (including phenoxy) is 3. The zero-order valence-electron chi connectivity index (χ0n) is 16.2. The maximum absolute atomic E-state index is 12.3. The Morgan fingerprint density at radius 2 is 1.89 bits per heavy atom. The Hall–Kier alpha value is -2.64. The number of hydrogen-bond acceptors (Lipinski definition) is 5. The van der Waals surface area contributed by atoms with Crippen molar-refractivity contribution in [3.63, 3.8) is 0 Å². The van der Waals surface area contributed by atoms with Crippen molar-refractivity contribution < 1.29 is 23.8 Å². The highest BCUT2D eigenvalue weighted by atomic mass is 16.7. The summed E-state index contributed by atoms with van der Waals surface area (Å²) in [5.74, 6) is 0.914. The Balaban J connectivity index is 1.27. The van der Waals surface area contributed by atoms with Crippen molar-refractivity contribution in [3.8, 4) is 11.5 Å². The first-order valence-electron chi connectivity index (χ1n) is 10.1. The van der Waals surface area contributed by atoms with Crippen LogP contribution in [0.3, 0.4) is 0 Å². The molecule has 2 heterocycles. The highest BCUT2D eigenvalue weighted by Gasteiger charge is 2.44. The van der Waals surface area contributed by atoms with Crippen molar-refractivity contribution in [2.45, 2.75) is 57.3 Å². The third-order valence-electron chi connectivity index (χ3n) is 5.52. The van der Waals surface area contributed by atoms with Gasteiger partial charge in [0, 0.05) is 43.7 Å². The molecule has 0 aromatic heterocycles. The maximum atomic E-state index is 12.3. The van der Waals surface area contributed by atoms with Crippen molar-refractivity contribution in [1.82, 2.24) is 10.2 Å². The Labute approximate surface area is 164 Å². The van der Waals surface area contributed by atoms with Crippen molar-refractivity contribution in [3.05, 3.63) is 18.2 Å². The molecular formula is C20H27N3O5. The van der Waals surface area contributed by atoms with E-state index in [9.17, 15) is 9.59 Å². The van der Waals surface area contributed by atoms with Crippen LogP contribution in [0.25, 0.3) is 0 Å². The Bertz CT molecular complexity index is 739. The summed E-state index contributed by atoms with van der Waals surface area (Å²) in [4.78, 5) is 25.8. The number of urea groups is 1. The molecule has 152 valence electrons. The van der Waals surface area contributed by atoms with Crippen LogP contribution in [0, 0.1) is 0 Å². The average Bonchev–Trinajstić information content (AvgIpc) is 3.28. The molecule has 2 fully saturated rings. The maximum Gasteiger partial charge on any atom is 0.409 e. The quantitative estimate of drug-likeness (QED) is 0.826. The number of likely N-dealkylation sites (tertiary alicyclic amines) is 1. The normalized spacial score (nSPS) is 20.2. The second-order valence-electron chi connectivity index (χ2n) is 7.54. The molecule has 0 bridgehead atoms. The highest BCUT2D eigenvalue weighted by Crippen LogP contribution is 2.47. The number of fused-ring (bicyclic) bond motifs is 1. The smallest absolute Gasteiger partial charge is 0.409 e. The van der Waals surface area contributed by atoms with Gasteiger partial charge < -0.3 is 29.7 Å². The van der Waals surface area contributed by atoms with Gasteiger partial charge >= 0.3 is 12.1 Å². The first-order chi connectivity index (χ1) is 13.6. The van der Waals surface area contributed by atoms with E-state index < -0.39 is 5.79 Å². The van der Waals surface area contributed by atoms with E-state index in [1.165, 1.54) is 0 Å². The molecule has 2 aliphatic heterocycles. The molecule has 1 saturated heterocycles. The number of anilines is 1. The summed E-state index contributed by atoms with van der Waals surface area (Å²) in [6.45, 7) is 3.32. The molecule has 0 atom stereocenters. The summed E-state index contributed by atoms with van der Waals surface area (Å²) in [5, 5.41) is 5.84. The summed E-state index contributed by atoms with van der Waals surface area (Å²) in [5.41, 5.74) is 0.666. The first kappa shape index (κ1) is 18.7. The number of carbonyl (C=O) groups excluding carboxylic acids is 2. The van der Waals surface area contributed by atoms with Crippen LogP contribution in [0.4, 0.5) is 15.3 Å². The molecular weight excluding hydrogens is 362 g/mol. The first-order valence-corrected chi connectivity index (χ1v) is 10.1. The topological polar surface area (TPSA) is 89.1 Å². The molecule has 1 aromatic carbocycles. The lowest BCUT2D eigenvalue weighted by molar-refractivity contribution is -0.0716. The average molecular weight is 389 g/mol. The summed E-state index contributed by atoms with van der Waals surface area (Å²) in [6, 6.07) is 5.24. The minimum atomic E-state index is -0.504. The molecule has 1 aliphatic carbocycles. The predicted octanol–water partition coefficient (Wildman–Crippen LogP) is 3.47. The summed E-state index contributed by atoms with van der Waals surface area (Å²) >= 11 is 0. The van der Waals surface area contributed by atoms with E-state index >= 15 is 0 Å². The Kier molecular flexibility index (Phi) is 5.19. The molecule has 0 unspecified atom stereocenters. The van der Waals surface area contributed by atoms with Gasteiger partial charge in [0.05, 0.1) is 6.61 Å². The van der Waals surface area contributed by atoms with Gasteiger partial charge in [-0.05, 0) is 44.7 Å².